The van der Waals surface area contributed by atoms with Crippen LogP contribution < -0.4 is 10.6 Å². The van der Waals surface area contributed by atoms with E-state index in [2.05, 4.69) is 33.7 Å². The molecule has 2 aliphatic rings. The maximum atomic E-state index is 12.3. The molecule has 4 N–H and O–H groups in total. The zero-order valence-electron chi connectivity index (χ0n) is 27.5. The first-order valence-corrected chi connectivity index (χ1v) is 18.2. The molecule has 2 aromatic rings. The van der Waals surface area contributed by atoms with Gasteiger partial charge in [0.1, 0.15) is 5.75 Å². The third-order valence-electron chi connectivity index (χ3n) is 9.24. The number of hydrogen-bond acceptors (Lipinski definition) is 7. The van der Waals surface area contributed by atoms with Gasteiger partial charge in [0.05, 0.1) is 10.5 Å². The van der Waals surface area contributed by atoms with Gasteiger partial charge in [0.15, 0.2) is 0 Å². The Bertz CT molecular complexity index is 1360. The van der Waals surface area contributed by atoms with Crippen LogP contribution in [0, 0.1) is 5.92 Å². The number of carbonyl (C=O) groups excluding carboxylic acids is 4. The molecule has 1 saturated heterocycles. The highest BCUT2D eigenvalue weighted by molar-refractivity contribution is 7.98. The fourth-order valence-corrected chi connectivity index (χ4v) is 7.18. The van der Waals surface area contributed by atoms with Crippen molar-refractivity contribution in [1.82, 2.24) is 25.4 Å². The number of thioether (sulfide) groups is 1. The molecule has 252 valence electrons. The fraction of sp³-hybridized carbons (Fsp3) is 0.600. The van der Waals surface area contributed by atoms with E-state index in [9.17, 15) is 24.3 Å². The lowest BCUT2D eigenvalue weighted by molar-refractivity contribution is -0.137. The number of phenols is 1. The number of hydrogen-bond donors (Lipinski definition) is 4. The number of phenolic OH excluding ortho intramolecular Hbond substituents is 1. The van der Waals surface area contributed by atoms with Crippen LogP contribution in [0.3, 0.4) is 0 Å². The number of likely N-dealkylation sites (tertiary alicyclic amines) is 1. The van der Waals surface area contributed by atoms with Gasteiger partial charge in [-0.3, -0.25) is 29.0 Å². The molecule has 0 bridgehead atoms. The summed E-state index contributed by atoms with van der Waals surface area (Å²) < 4.78 is 0. The zero-order chi connectivity index (χ0) is 32.9. The number of carbonyl (C=O) groups is 4. The molecule has 0 spiro atoms. The van der Waals surface area contributed by atoms with E-state index < -0.39 is 0 Å². The number of nitrogens with zero attached hydrogens (tertiary/aromatic N) is 2. The highest BCUT2D eigenvalue weighted by atomic mass is 32.2. The number of rotatable bonds is 19. The molecule has 2 aliphatic heterocycles. The number of imide groups is 1. The molecule has 46 heavy (non-hydrogen) atoms. The Morgan fingerprint density at radius 2 is 1.57 bits per heavy atom. The molecule has 0 radical (unpaired) electrons. The van der Waals surface area contributed by atoms with Crippen LogP contribution in [-0.4, -0.2) is 82.5 Å². The Kier molecular flexibility index (Phi) is 14.0. The predicted octanol–water partition coefficient (Wildman–Crippen LogP) is 5.04. The molecule has 0 saturated carbocycles. The Morgan fingerprint density at radius 3 is 2.22 bits per heavy atom. The van der Waals surface area contributed by atoms with Crippen LogP contribution in [0.4, 0.5) is 0 Å². The molecule has 0 unspecified atom stereocenters. The van der Waals surface area contributed by atoms with E-state index in [1.807, 2.05) is 12.1 Å². The average molecular weight is 654 g/mol. The zero-order valence-corrected chi connectivity index (χ0v) is 28.3. The average Bonchev–Trinajstić information content (AvgIpc) is 3.58. The fourth-order valence-electron chi connectivity index (χ4n) is 6.48. The van der Waals surface area contributed by atoms with Crippen LogP contribution in [0.15, 0.2) is 29.3 Å². The molecule has 1 aromatic heterocycles. The second kappa shape index (κ2) is 18.1. The summed E-state index contributed by atoms with van der Waals surface area (Å²) in [5.74, 6) is 0.548. The van der Waals surface area contributed by atoms with Crippen molar-refractivity contribution >= 4 is 46.3 Å². The number of fused-ring (bicyclic) bond motifs is 1. The van der Waals surface area contributed by atoms with Crippen LogP contribution in [0.25, 0.3) is 10.9 Å². The number of benzene rings is 1. The minimum Gasteiger partial charge on any atom is -0.508 e. The number of aryl methyl sites for hydroxylation is 1. The Balaban J connectivity index is 1.00. The first-order chi connectivity index (χ1) is 22.3. The van der Waals surface area contributed by atoms with Crippen LogP contribution in [-0.2, 0) is 32.1 Å². The van der Waals surface area contributed by atoms with E-state index in [1.165, 1.54) is 33.0 Å². The lowest BCUT2D eigenvalue weighted by Crippen LogP contribution is -2.35. The standard InChI is InChI=1S/C35H51N5O5S/c1-3-26-27-12-13-29(41)28(34(27)38-35(26)46-2)24-39-22-17-25(18-23-39)16-20-37-31(43)10-6-4-8-19-36-30(42)11-7-5-9-21-40-32(44)14-15-33(40)45/h12-15,25,38,41H,3-11,16-24H2,1-2H3,(H,36,42)(H,37,43). The number of piperidine rings is 1. The summed E-state index contributed by atoms with van der Waals surface area (Å²) in [7, 11) is 0. The van der Waals surface area contributed by atoms with Gasteiger partial charge in [-0.05, 0) is 94.3 Å². The molecule has 4 rings (SSSR count). The van der Waals surface area contributed by atoms with E-state index in [0.29, 0.717) is 50.6 Å². The highest BCUT2D eigenvalue weighted by Crippen LogP contribution is 2.35. The molecule has 0 atom stereocenters. The lowest BCUT2D eigenvalue weighted by atomic mass is 9.93. The Labute approximate surface area is 277 Å². The summed E-state index contributed by atoms with van der Waals surface area (Å²) in [6.07, 6.45) is 14.5. The first kappa shape index (κ1) is 35.5. The number of aromatic hydroxyl groups is 1. The molecular formula is C35H51N5O5S. The molecule has 4 amide bonds. The van der Waals surface area contributed by atoms with Crippen molar-refractivity contribution in [1.29, 1.82) is 0 Å². The summed E-state index contributed by atoms with van der Waals surface area (Å²) in [6.45, 7) is 6.61. The van der Waals surface area contributed by atoms with Gasteiger partial charge in [-0.15, -0.1) is 11.8 Å². The van der Waals surface area contributed by atoms with Crippen LogP contribution >= 0.6 is 11.8 Å². The van der Waals surface area contributed by atoms with Gasteiger partial charge in [-0.25, -0.2) is 0 Å². The van der Waals surface area contributed by atoms with Crippen molar-refractivity contribution in [3.63, 3.8) is 0 Å². The predicted molar refractivity (Wildman–Crippen MR) is 183 cm³/mol. The van der Waals surface area contributed by atoms with Crippen molar-refractivity contribution in [2.24, 2.45) is 5.92 Å². The van der Waals surface area contributed by atoms with Gasteiger partial charge in [-0.1, -0.05) is 19.8 Å². The SMILES string of the molecule is CCc1c(SC)[nH]c2c(CN3CCC(CCNC(=O)CCCCCNC(=O)CCCCCN4C(=O)C=CC4=O)CC3)c(O)ccc12. The van der Waals surface area contributed by atoms with Crippen molar-refractivity contribution in [3.05, 3.63) is 35.4 Å². The lowest BCUT2D eigenvalue weighted by Gasteiger charge is -2.32. The van der Waals surface area contributed by atoms with Crippen molar-refractivity contribution in [2.75, 3.05) is 39.0 Å². The van der Waals surface area contributed by atoms with Crippen LogP contribution in [0.2, 0.25) is 0 Å². The van der Waals surface area contributed by atoms with E-state index >= 15 is 0 Å². The third kappa shape index (κ3) is 10.1. The maximum Gasteiger partial charge on any atom is 0.253 e. The Morgan fingerprint density at radius 1 is 0.913 bits per heavy atom. The van der Waals surface area contributed by atoms with Gasteiger partial charge in [-0.2, -0.15) is 0 Å². The van der Waals surface area contributed by atoms with Gasteiger partial charge < -0.3 is 20.7 Å². The van der Waals surface area contributed by atoms with Crippen molar-refractivity contribution in [3.8, 4) is 5.75 Å². The van der Waals surface area contributed by atoms with Gasteiger partial charge in [0, 0.05) is 62.1 Å². The summed E-state index contributed by atoms with van der Waals surface area (Å²) >= 11 is 1.72. The molecule has 1 aromatic carbocycles. The van der Waals surface area contributed by atoms with Crippen molar-refractivity contribution < 1.29 is 24.3 Å². The van der Waals surface area contributed by atoms with E-state index in [-0.39, 0.29) is 23.6 Å². The minimum atomic E-state index is -0.260. The molecule has 1 fully saturated rings. The first-order valence-electron chi connectivity index (χ1n) is 17.0. The normalized spacial score (nSPS) is 15.7. The van der Waals surface area contributed by atoms with Crippen molar-refractivity contribution in [2.45, 2.75) is 95.5 Å². The second-order valence-corrected chi connectivity index (χ2v) is 13.3. The second-order valence-electron chi connectivity index (χ2n) is 12.5. The molecule has 10 nitrogen and oxygen atoms in total. The number of amides is 4. The summed E-state index contributed by atoms with van der Waals surface area (Å²) in [5.41, 5.74) is 3.37. The quantitative estimate of drug-likeness (QED) is 0.0949. The molecule has 3 heterocycles. The number of aromatic amines is 1. The number of nitrogens with one attached hydrogen (secondary N) is 3. The van der Waals surface area contributed by atoms with Gasteiger partial charge in [0.25, 0.3) is 11.8 Å². The number of H-pyrrole nitrogens is 1. The van der Waals surface area contributed by atoms with Crippen LogP contribution in [0.5, 0.6) is 5.75 Å². The smallest absolute Gasteiger partial charge is 0.253 e. The summed E-state index contributed by atoms with van der Waals surface area (Å²) in [5, 5.41) is 19.1. The molecular weight excluding hydrogens is 602 g/mol. The van der Waals surface area contributed by atoms with Crippen LogP contribution in [0.1, 0.15) is 88.7 Å². The third-order valence-corrected chi connectivity index (χ3v) is 9.99. The number of unbranched alkanes of at least 4 members (excludes halogenated alkanes) is 4. The topological polar surface area (TPSA) is 135 Å². The van der Waals surface area contributed by atoms with E-state index in [1.54, 1.807) is 11.8 Å². The summed E-state index contributed by atoms with van der Waals surface area (Å²) in [4.78, 5) is 54.6. The molecule has 0 aliphatic carbocycles. The van der Waals surface area contributed by atoms with Gasteiger partial charge in [0.2, 0.25) is 11.8 Å². The largest absolute Gasteiger partial charge is 0.508 e. The monoisotopic (exact) mass is 653 g/mol. The van der Waals surface area contributed by atoms with E-state index in [0.717, 1.165) is 88.5 Å². The van der Waals surface area contributed by atoms with E-state index in [4.69, 9.17) is 0 Å². The maximum absolute atomic E-state index is 12.3. The highest BCUT2D eigenvalue weighted by Gasteiger charge is 2.23. The minimum absolute atomic E-state index is 0.0184. The summed E-state index contributed by atoms with van der Waals surface area (Å²) in [6, 6.07) is 3.86. The Hall–Kier alpha value is -3.31. The molecule has 11 heteroatoms. The number of aromatic nitrogens is 1. The van der Waals surface area contributed by atoms with Gasteiger partial charge >= 0.3 is 0 Å².